The Balaban J connectivity index is 1.91. The maximum atomic E-state index is 5.70. The molecular weight excluding hydrogens is 262 g/mol. The Morgan fingerprint density at radius 1 is 1.42 bits per heavy atom. The highest BCUT2D eigenvalue weighted by Crippen LogP contribution is 2.37. The molecule has 100 valence electrons. The Hall–Kier alpha value is -1.69. The Labute approximate surface area is 115 Å². The maximum absolute atomic E-state index is 5.70. The zero-order valence-corrected chi connectivity index (χ0v) is 11.5. The third-order valence-corrected chi connectivity index (χ3v) is 3.68. The quantitative estimate of drug-likeness (QED) is 0.927. The summed E-state index contributed by atoms with van der Waals surface area (Å²) < 4.78 is 11.0. The summed E-state index contributed by atoms with van der Waals surface area (Å²) in [6, 6.07) is 5.89. The second-order valence-corrected chi connectivity index (χ2v) is 5.38. The zero-order valence-electron chi connectivity index (χ0n) is 10.7. The topological polar surface area (TPSA) is 60.2 Å². The number of nitrogens with zero attached hydrogens (tertiary/aromatic N) is 2. The lowest BCUT2D eigenvalue weighted by atomic mass is 10.1. The smallest absolute Gasteiger partial charge is 0.261 e. The van der Waals surface area contributed by atoms with Crippen LogP contribution in [0.5, 0.6) is 5.75 Å². The van der Waals surface area contributed by atoms with Gasteiger partial charge in [-0.15, -0.1) is 0 Å². The Kier molecular flexibility index (Phi) is 3.59. The molecule has 1 aromatic carbocycles. The van der Waals surface area contributed by atoms with Gasteiger partial charge in [0.05, 0.1) is 17.0 Å². The monoisotopic (exact) mass is 277 g/mol. The molecule has 1 aliphatic heterocycles. The third-order valence-electron chi connectivity index (χ3n) is 2.81. The van der Waals surface area contributed by atoms with Crippen LogP contribution in [0.3, 0.4) is 0 Å². The van der Waals surface area contributed by atoms with E-state index < -0.39 is 0 Å². The van der Waals surface area contributed by atoms with Crippen molar-refractivity contribution < 1.29 is 9.26 Å². The van der Waals surface area contributed by atoms with E-state index in [-0.39, 0.29) is 0 Å². The van der Waals surface area contributed by atoms with E-state index in [0.29, 0.717) is 12.5 Å². The fourth-order valence-corrected chi connectivity index (χ4v) is 2.46. The molecule has 0 unspecified atom stereocenters. The summed E-state index contributed by atoms with van der Waals surface area (Å²) >= 11 is 1.77. The molecule has 0 saturated carbocycles. The first-order valence-corrected chi connectivity index (χ1v) is 7.44. The summed E-state index contributed by atoms with van der Waals surface area (Å²) in [6.07, 6.45) is 0. The molecule has 5 nitrogen and oxygen atoms in total. The highest BCUT2D eigenvalue weighted by Gasteiger charge is 2.19. The molecule has 19 heavy (non-hydrogen) atoms. The van der Waals surface area contributed by atoms with Gasteiger partial charge in [0.15, 0.2) is 11.6 Å². The molecule has 1 aliphatic rings. The number of ether oxygens (including phenoxy) is 1. The van der Waals surface area contributed by atoms with Crippen molar-refractivity contribution in [3.63, 3.8) is 0 Å². The number of hydrogen-bond donors (Lipinski definition) is 1. The third kappa shape index (κ3) is 2.53. The van der Waals surface area contributed by atoms with Crippen molar-refractivity contribution in [3.05, 3.63) is 24.0 Å². The number of anilines is 1. The van der Waals surface area contributed by atoms with Crippen LogP contribution in [0.1, 0.15) is 12.7 Å². The Morgan fingerprint density at radius 2 is 2.37 bits per heavy atom. The van der Waals surface area contributed by atoms with Gasteiger partial charge < -0.3 is 14.6 Å². The molecule has 0 spiro atoms. The van der Waals surface area contributed by atoms with Crippen molar-refractivity contribution in [2.24, 2.45) is 0 Å². The average Bonchev–Trinajstić information content (AvgIpc) is 2.93. The molecule has 3 rings (SSSR count). The summed E-state index contributed by atoms with van der Waals surface area (Å²) in [5.41, 5.74) is 1.83. The molecule has 0 amide bonds. The summed E-state index contributed by atoms with van der Waals surface area (Å²) in [7, 11) is 0. The van der Waals surface area contributed by atoms with Crippen LogP contribution in [-0.2, 0) is 5.75 Å². The van der Waals surface area contributed by atoms with Crippen LogP contribution in [0.2, 0.25) is 0 Å². The molecular formula is C13H15N3O2S. The van der Waals surface area contributed by atoms with E-state index in [2.05, 4.69) is 22.4 Å². The van der Waals surface area contributed by atoms with Crippen molar-refractivity contribution in [2.75, 3.05) is 24.2 Å². The SMILES string of the molecule is CCSCc1noc(-c2cccc3c2OCCN3)n1. The predicted molar refractivity (Wildman–Crippen MR) is 75.6 cm³/mol. The van der Waals surface area contributed by atoms with Gasteiger partial charge in [0.2, 0.25) is 0 Å². The lowest BCUT2D eigenvalue weighted by Gasteiger charge is -2.20. The van der Waals surface area contributed by atoms with Crippen LogP contribution >= 0.6 is 11.8 Å². The van der Waals surface area contributed by atoms with Gasteiger partial charge in [-0.3, -0.25) is 0 Å². The second-order valence-electron chi connectivity index (χ2n) is 4.11. The van der Waals surface area contributed by atoms with Gasteiger partial charge in [-0.05, 0) is 17.9 Å². The molecule has 2 heterocycles. The average molecular weight is 277 g/mol. The second kappa shape index (κ2) is 5.52. The fourth-order valence-electron chi connectivity index (χ4n) is 1.95. The van der Waals surface area contributed by atoms with Gasteiger partial charge in [-0.25, -0.2) is 0 Å². The van der Waals surface area contributed by atoms with Crippen molar-refractivity contribution in [1.82, 2.24) is 10.1 Å². The molecule has 0 fully saturated rings. The van der Waals surface area contributed by atoms with Crippen LogP contribution in [0.4, 0.5) is 5.69 Å². The summed E-state index contributed by atoms with van der Waals surface area (Å²) in [5, 5.41) is 7.29. The highest BCUT2D eigenvalue weighted by atomic mass is 32.2. The lowest BCUT2D eigenvalue weighted by molar-refractivity contribution is 0.322. The minimum Gasteiger partial charge on any atom is -0.489 e. The standard InChI is InChI=1S/C13H15N3O2S/c1-2-19-8-11-15-13(18-16-11)9-4-3-5-10-12(9)17-7-6-14-10/h3-5,14H,2,6-8H2,1H3. The lowest BCUT2D eigenvalue weighted by Crippen LogP contribution is -2.18. The molecule has 0 bridgehead atoms. The fraction of sp³-hybridized carbons (Fsp3) is 0.385. The molecule has 0 aliphatic carbocycles. The first-order chi connectivity index (χ1) is 9.38. The van der Waals surface area contributed by atoms with Gasteiger partial charge in [-0.1, -0.05) is 18.1 Å². The molecule has 0 radical (unpaired) electrons. The van der Waals surface area contributed by atoms with Crippen molar-refractivity contribution in [2.45, 2.75) is 12.7 Å². The predicted octanol–water partition coefficient (Wildman–Crippen LogP) is 2.79. The molecule has 1 aromatic heterocycles. The number of rotatable bonds is 4. The van der Waals surface area contributed by atoms with Crippen LogP contribution in [0.25, 0.3) is 11.5 Å². The number of fused-ring (bicyclic) bond motifs is 1. The molecule has 0 saturated heterocycles. The zero-order chi connectivity index (χ0) is 13.1. The summed E-state index contributed by atoms with van der Waals surface area (Å²) in [4.78, 5) is 4.42. The van der Waals surface area contributed by atoms with Crippen LogP contribution < -0.4 is 10.1 Å². The van der Waals surface area contributed by atoms with E-state index in [1.807, 2.05) is 18.2 Å². The van der Waals surface area contributed by atoms with E-state index in [1.54, 1.807) is 11.8 Å². The number of nitrogens with one attached hydrogen (secondary N) is 1. The molecule has 1 N–H and O–H groups in total. The van der Waals surface area contributed by atoms with Crippen molar-refractivity contribution in [3.8, 4) is 17.2 Å². The highest BCUT2D eigenvalue weighted by molar-refractivity contribution is 7.98. The van der Waals surface area contributed by atoms with Crippen LogP contribution in [0.15, 0.2) is 22.7 Å². The Bertz CT molecular complexity index is 571. The van der Waals surface area contributed by atoms with E-state index in [4.69, 9.17) is 9.26 Å². The van der Waals surface area contributed by atoms with Gasteiger partial charge in [0.25, 0.3) is 5.89 Å². The van der Waals surface area contributed by atoms with Gasteiger partial charge in [0.1, 0.15) is 6.61 Å². The van der Waals surface area contributed by atoms with E-state index in [9.17, 15) is 0 Å². The van der Waals surface area contributed by atoms with Crippen LogP contribution in [-0.4, -0.2) is 29.0 Å². The van der Waals surface area contributed by atoms with Crippen LogP contribution in [0, 0.1) is 0 Å². The minimum absolute atomic E-state index is 0.521. The minimum atomic E-state index is 0.521. The summed E-state index contributed by atoms with van der Waals surface area (Å²) in [5.74, 6) is 3.86. The molecule has 0 atom stereocenters. The Morgan fingerprint density at radius 3 is 3.26 bits per heavy atom. The van der Waals surface area contributed by atoms with E-state index in [0.717, 1.165) is 40.9 Å². The van der Waals surface area contributed by atoms with Gasteiger partial charge in [-0.2, -0.15) is 16.7 Å². The first-order valence-electron chi connectivity index (χ1n) is 6.29. The largest absolute Gasteiger partial charge is 0.489 e. The maximum Gasteiger partial charge on any atom is 0.261 e. The van der Waals surface area contributed by atoms with Gasteiger partial charge in [0, 0.05) is 6.54 Å². The normalized spacial score (nSPS) is 13.5. The van der Waals surface area contributed by atoms with Crippen molar-refractivity contribution in [1.29, 1.82) is 0 Å². The summed E-state index contributed by atoms with van der Waals surface area (Å²) in [6.45, 7) is 3.58. The van der Waals surface area contributed by atoms with Crippen molar-refractivity contribution >= 4 is 17.4 Å². The number of thioether (sulfide) groups is 1. The van der Waals surface area contributed by atoms with E-state index in [1.165, 1.54) is 0 Å². The molecule has 6 heteroatoms. The number of hydrogen-bond acceptors (Lipinski definition) is 6. The number of aromatic nitrogens is 2. The number of para-hydroxylation sites is 1. The van der Waals surface area contributed by atoms with Gasteiger partial charge >= 0.3 is 0 Å². The van der Waals surface area contributed by atoms with E-state index >= 15 is 0 Å². The number of benzene rings is 1. The molecule has 2 aromatic rings. The first kappa shape index (κ1) is 12.3.